The highest BCUT2D eigenvalue weighted by Crippen LogP contribution is 2.34. The largest absolute Gasteiger partial charge is 0.504 e. The zero-order valence-corrected chi connectivity index (χ0v) is 16.1. The number of rotatable bonds is 9. The first-order valence-corrected chi connectivity index (χ1v) is 9.57. The lowest BCUT2D eigenvalue weighted by Crippen LogP contribution is -2.29. The summed E-state index contributed by atoms with van der Waals surface area (Å²) >= 11 is 6.53. The Morgan fingerprint density at radius 1 is 1.35 bits per heavy atom. The van der Waals surface area contributed by atoms with Crippen LogP contribution in [0.5, 0.6) is 11.5 Å². The van der Waals surface area contributed by atoms with Crippen LogP contribution in [0, 0.1) is 0 Å². The molecule has 1 heterocycles. The minimum atomic E-state index is -0.807. The minimum Gasteiger partial charge on any atom is -0.504 e. The van der Waals surface area contributed by atoms with Gasteiger partial charge in [0.1, 0.15) is 4.32 Å². The van der Waals surface area contributed by atoms with Crippen LogP contribution in [-0.4, -0.2) is 44.5 Å². The molecule has 0 aromatic heterocycles. The molecule has 0 radical (unpaired) electrons. The SMILES string of the molecule is CCOc1cc(/C=C2\SC(=S)N(CCCCCC(=O)O)C2=O)ccc1O. The fourth-order valence-corrected chi connectivity index (χ4v) is 3.77. The number of aliphatic carboxylic acids is 1. The molecule has 6 nitrogen and oxygen atoms in total. The Morgan fingerprint density at radius 2 is 2.12 bits per heavy atom. The summed E-state index contributed by atoms with van der Waals surface area (Å²) in [6.45, 7) is 2.75. The van der Waals surface area contributed by atoms with Crippen molar-refractivity contribution in [3.8, 4) is 11.5 Å². The number of aromatic hydroxyl groups is 1. The van der Waals surface area contributed by atoms with Gasteiger partial charge in [-0.1, -0.05) is 36.5 Å². The van der Waals surface area contributed by atoms with Gasteiger partial charge in [-0.2, -0.15) is 0 Å². The molecule has 0 saturated carbocycles. The molecule has 1 aromatic rings. The van der Waals surface area contributed by atoms with Gasteiger partial charge in [0.05, 0.1) is 11.5 Å². The predicted octanol–water partition coefficient (Wildman–Crippen LogP) is 3.64. The molecule has 0 atom stereocenters. The van der Waals surface area contributed by atoms with E-state index in [4.69, 9.17) is 22.1 Å². The Kier molecular flexibility index (Phi) is 7.47. The molecule has 1 saturated heterocycles. The number of phenols is 1. The number of benzene rings is 1. The van der Waals surface area contributed by atoms with Crippen molar-refractivity contribution in [3.05, 3.63) is 28.7 Å². The van der Waals surface area contributed by atoms with Gasteiger partial charge in [-0.15, -0.1) is 0 Å². The molecule has 0 spiro atoms. The Labute approximate surface area is 161 Å². The Morgan fingerprint density at radius 3 is 2.81 bits per heavy atom. The number of thiocarbonyl (C=S) groups is 1. The zero-order chi connectivity index (χ0) is 19.1. The minimum absolute atomic E-state index is 0.0536. The fraction of sp³-hybridized carbons (Fsp3) is 0.389. The van der Waals surface area contributed by atoms with Gasteiger partial charge >= 0.3 is 5.97 Å². The van der Waals surface area contributed by atoms with E-state index in [1.54, 1.807) is 23.1 Å². The van der Waals surface area contributed by atoms with E-state index in [9.17, 15) is 14.7 Å². The molecule has 1 aliphatic heterocycles. The molecule has 1 aromatic carbocycles. The predicted molar refractivity (Wildman–Crippen MR) is 105 cm³/mol. The van der Waals surface area contributed by atoms with E-state index in [0.717, 1.165) is 12.0 Å². The van der Waals surface area contributed by atoms with E-state index < -0.39 is 5.97 Å². The van der Waals surface area contributed by atoms with Crippen molar-refractivity contribution in [2.24, 2.45) is 0 Å². The molecular weight excluding hydrogens is 374 g/mol. The van der Waals surface area contributed by atoms with Crippen molar-refractivity contribution in [3.63, 3.8) is 0 Å². The molecule has 8 heteroatoms. The Hall–Kier alpha value is -2.06. The van der Waals surface area contributed by atoms with E-state index in [1.807, 2.05) is 6.92 Å². The van der Waals surface area contributed by atoms with Crippen LogP contribution in [0.1, 0.15) is 38.2 Å². The summed E-state index contributed by atoms with van der Waals surface area (Å²) in [4.78, 5) is 25.1. The zero-order valence-electron chi connectivity index (χ0n) is 14.4. The normalized spacial score (nSPS) is 15.7. The number of nitrogens with zero attached hydrogens (tertiary/aromatic N) is 1. The first-order chi connectivity index (χ1) is 12.4. The lowest BCUT2D eigenvalue weighted by atomic mass is 10.1. The van der Waals surface area contributed by atoms with Crippen molar-refractivity contribution in [2.45, 2.75) is 32.6 Å². The molecule has 0 bridgehead atoms. The Balaban J connectivity index is 2.00. The van der Waals surface area contributed by atoms with Crippen LogP contribution < -0.4 is 4.74 Å². The summed E-state index contributed by atoms with van der Waals surface area (Å²) in [5, 5.41) is 18.4. The fourth-order valence-electron chi connectivity index (χ4n) is 2.46. The van der Waals surface area contributed by atoms with Gasteiger partial charge in [-0.05, 0) is 43.5 Å². The van der Waals surface area contributed by atoms with Crippen LogP contribution in [0.2, 0.25) is 0 Å². The number of hydrogen-bond donors (Lipinski definition) is 2. The molecule has 2 rings (SSSR count). The van der Waals surface area contributed by atoms with Crippen LogP contribution in [-0.2, 0) is 9.59 Å². The molecular formula is C18H21NO5S2. The highest BCUT2D eigenvalue weighted by molar-refractivity contribution is 8.26. The molecule has 140 valence electrons. The molecule has 0 aliphatic carbocycles. The Bertz CT molecular complexity index is 732. The van der Waals surface area contributed by atoms with Crippen LogP contribution in [0.15, 0.2) is 23.1 Å². The third-order valence-corrected chi connectivity index (χ3v) is 5.11. The second kappa shape index (κ2) is 9.59. The van der Waals surface area contributed by atoms with Gasteiger partial charge in [-0.3, -0.25) is 14.5 Å². The maximum atomic E-state index is 12.5. The van der Waals surface area contributed by atoms with E-state index in [1.165, 1.54) is 17.8 Å². The summed E-state index contributed by atoms with van der Waals surface area (Å²) in [5.74, 6) is -0.531. The van der Waals surface area contributed by atoms with Crippen molar-refractivity contribution < 1.29 is 24.5 Å². The smallest absolute Gasteiger partial charge is 0.303 e. The molecule has 26 heavy (non-hydrogen) atoms. The average molecular weight is 396 g/mol. The van der Waals surface area contributed by atoms with E-state index in [-0.39, 0.29) is 18.1 Å². The summed E-state index contributed by atoms with van der Waals surface area (Å²) in [6.07, 6.45) is 3.90. The maximum absolute atomic E-state index is 12.5. The van der Waals surface area contributed by atoms with Gasteiger partial charge in [0.25, 0.3) is 5.91 Å². The summed E-state index contributed by atoms with van der Waals surface area (Å²) in [7, 11) is 0. The highest BCUT2D eigenvalue weighted by atomic mass is 32.2. The molecule has 0 unspecified atom stereocenters. The number of carbonyl (C=O) groups excluding carboxylic acids is 1. The lowest BCUT2D eigenvalue weighted by Gasteiger charge is -2.13. The van der Waals surface area contributed by atoms with Crippen molar-refractivity contribution in [2.75, 3.05) is 13.2 Å². The van der Waals surface area contributed by atoms with Crippen LogP contribution >= 0.6 is 24.0 Å². The maximum Gasteiger partial charge on any atom is 0.303 e. The summed E-state index contributed by atoms with van der Waals surface area (Å²) in [6, 6.07) is 4.91. The summed E-state index contributed by atoms with van der Waals surface area (Å²) in [5.41, 5.74) is 0.744. The van der Waals surface area contributed by atoms with E-state index in [2.05, 4.69) is 0 Å². The third kappa shape index (κ3) is 5.47. The van der Waals surface area contributed by atoms with E-state index in [0.29, 0.717) is 41.0 Å². The molecule has 1 amide bonds. The number of ether oxygens (including phenoxy) is 1. The number of carboxylic acids is 1. The number of phenolic OH excluding ortho intramolecular Hbond substituents is 1. The standard InChI is InChI=1S/C18H21NO5S2/c1-2-24-14-10-12(7-8-13(14)20)11-15-17(23)19(18(25)26-15)9-5-3-4-6-16(21)22/h7-8,10-11,20H,2-6,9H2,1H3,(H,21,22)/b15-11-. The molecule has 2 N–H and O–H groups in total. The molecule has 1 fully saturated rings. The van der Waals surface area contributed by atoms with Gasteiger partial charge in [-0.25, -0.2) is 0 Å². The first-order valence-electron chi connectivity index (χ1n) is 8.35. The van der Waals surface area contributed by atoms with Crippen LogP contribution in [0.3, 0.4) is 0 Å². The second-order valence-corrected chi connectivity index (χ2v) is 7.37. The van der Waals surface area contributed by atoms with Gasteiger partial charge < -0.3 is 14.9 Å². The second-order valence-electron chi connectivity index (χ2n) is 5.70. The first kappa shape index (κ1) is 20.3. The monoisotopic (exact) mass is 395 g/mol. The average Bonchev–Trinajstić information content (AvgIpc) is 2.84. The van der Waals surface area contributed by atoms with Gasteiger partial charge in [0.2, 0.25) is 0 Å². The number of amides is 1. The number of carboxylic acid groups (broad SMARTS) is 1. The number of unbranched alkanes of at least 4 members (excludes halogenated alkanes) is 2. The van der Waals surface area contributed by atoms with Gasteiger partial charge in [0.15, 0.2) is 11.5 Å². The third-order valence-electron chi connectivity index (χ3n) is 3.73. The van der Waals surface area contributed by atoms with Crippen molar-refractivity contribution in [1.82, 2.24) is 4.90 Å². The van der Waals surface area contributed by atoms with Gasteiger partial charge in [0, 0.05) is 13.0 Å². The lowest BCUT2D eigenvalue weighted by molar-refractivity contribution is -0.137. The topological polar surface area (TPSA) is 87.1 Å². The number of thioether (sulfide) groups is 1. The highest BCUT2D eigenvalue weighted by Gasteiger charge is 2.31. The van der Waals surface area contributed by atoms with Crippen molar-refractivity contribution in [1.29, 1.82) is 0 Å². The molecule has 1 aliphatic rings. The van der Waals surface area contributed by atoms with Crippen molar-refractivity contribution >= 4 is 46.3 Å². The van der Waals surface area contributed by atoms with E-state index >= 15 is 0 Å². The number of hydrogen-bond acceptors (Lipinski definition) is 6. The quantitative estimate of drug-likeness (QED) is 0.375. The van der Waals surface area contributed by atoms with Crippen LogP contribution in [0.4, 0.5) is 0 Å². The summed E-state index contributed by atoms with van der Waals surface area (Å²) < 4.78 is 5.86. The van der Waals surface area contributed by atoms with Crippen LogP contribution in [0.25, 0.3) is 6.08 Å². The number of carbonyl (C=O) groups is 2.